The van der Waals surface area contributed by atoms with E-state index in [4.69, 9.17) is 4.74 Å². The minimum absolute atomic E-state index is 0.102. The molecule has 0 saturated carbocycles. The van der Waals surface area contributed by atoms with Gasteiger partial charge in [-0.3, -0.25) is 9.59 Å². The number of carbonyl (C=O) groups excluding carboxylic acids is 3. The minimum atomic E-state index is -0.409. The molecular weight excluding hydrogens is 458 g/mol. The zero-order valence-corrected chi connectivity index (χ0v) is 21.7. The molecule has 2 amide bonds. The number of aryl methyl sites for hydroxylation is 1. The van der Waals surface area contributed by atoms with E-state index in [1.165, 1.54) is 0 Å². The van der Waals surface area contributed by atoms with Crippen LogP contribution in [0.2, 0.25) is 0 Å². The van der Waals surface area contributed by atoms with Crippen molar-refractivity contribution in [2.75, 3.05) is 44.2 Å². The number of aromatic nitrogens is 2. The maximum Gasteiger partial charge on any atom is 0.340 e. The molecule has 2 aliphatic rings. The second kappa shape index (κ2) is 11.1. The molecule has 0 bridgehead atoms. The third-order valence-electron chi connectivity index (χ3n) is 7.17. The molecule has 4 rings (SSSR count). The normalized spacial score (nSPS) is 17.0. The van der Waals surface area contributed by atoms with E-state index < -0.39 is 5.97 Å². The molecule has 0 spiro atoms. The molecule has 0 unspecified atom stereocenters. The predicted molar refractivity (Wildman–Crippen MR) is 137 cm³/mol. The number of anilines is 1. The van der Waals surface area contributed by atoms with Crippen molar-refractivity contribution in [1.29, 1.82) is 0 Å². The summed E-state index contributed by atoms with van der Waals surface area (Å²) in [5.41, 5.74) is 2.16. The zero-order chi connectivity index (χ0) is 25.8. The molecule has 2 aliphatic heterocycles. The maximum absolute atomic E-state index is 13.2. The molecule has 0 atom stereocenters. The van der Waals surface area contributed by atoms with Crippen LogP contribution in [0.5, 0.6) is 0 Å². The first kappa shape index (κ1) is 25.7. The highest BCUT2D eigenvalue weighted by atomic mass is 16.5. The number of hydrogen-bond acceptors (Lipinski definition) is 6. The molecule has 9 heteroatoms. The van der Waals surface area contributed by atoms with Crippen LogP contribution in [0.4, 0.5) is 5.82 Å². The molecule has 36 heavy (non-hydrogen) atoms. The summed E-state index contributed by atoms with van der Waals surface area (Å²) in [5.74, 6) is 0.920. The van der Waals surface area contributed by atoms with Gasteiger partial charge in [0.2, 0.25) is 5.91 Å². The molecule has 2 saturated heterocycles. The van der Waals surface area contributed by atoms with Gasteiger partial charge >= 0.3 is 5.97 Å². The second-order valence-electron chi connectivity index (χ2n) is 10.1. The number of piperazine rings is 1. The van der Waals surface area contributed by atoms with Crippen LogP contribution in [0, 0.1) is 19.8 Å². The largest absolute Gasteiger partial charge is 0.459 e. The number of hydrogen-bond donors (Lipinski definition) is 1. The summed E-state index contributed by atoms with van der Waals surface area (Å²) in [6.07, 6.45) is 3.69. The third kappa shape index (κ3) is 5.71. The Morgan fingerprint density at radius 3 is 2.33 bits per heavy atom. The third-order valence-corrected chi connectivity index (χ3v) is 7.17. The maximum atomic E-state index is 13.2. The molecule has 1 N–H and O–H groups in total. The van der Waals surface area contributed by atoms with E-state index in [0.717, 1.165) is 31.7 Å². The number of pyridine rings is 1. The number of piperidine rings is 1. The Labute approximate surface area is 212 Å². The Hall–Kier alpha value is -3.36. The van der Waals surface area contributed by atoms with Gasteiger partial charge in [-0.25, -0.2) is 9.78 Å². The van der Waals surface area contributed by atoms with Crippen LogP contribution >= 0.6 is 0 Å². The van der Waals surface area contributed by atoms with Gasteiger partial charge in [-0.1, -0.05) is 6.07 Å². The fourth-order valence-corrected chi connectivity index (χ4v) is 5.14. The fourth-order valence-electron chi connectivity index (χ4n) is 5.14. The number of ether oxygens (including phenoxy) is 1. The van der Waals surface area contributed by atoms with Crippen LogP contribution in [-0.4, -0.2) is 82.9 Å². The van der Waals surface area contributed by atoms with Crippen LogP contribution in [0.3, 0.4) is 0 Å². The van der Waals surface area contributed by atoms with E-state index in [1.807, 2.05) is 28.0 Å². The Morgan fingerprint density at radius 1 is 1.03 bits per heavy atom. The van der Waals surface area contributed by atoms with Crippen LogP contribution in [0.1, 0.15) is 65.2 Å². The molecular formula is C27H37N5O4. The van der Waals surface area contributed by atoms with Crippen LogP contribution in [0.25, 0.3) is 0 Å². The summed E-state index contributed by atoms with van der Waals surface area (Å²) in [7, 11) is 0. The van der Waals surface area contributed by atoms with Gasteiger partial charge in [0.05, 0.1) is 11.7 Å². The van der Waals surface area contributed by atoms with Gasteiger partial charge in [0.25, 0.3) is 5.91 Å². The van der Waals surface area contributed by atoms with Gasteiger partial charge < -0.3 is 24.4 Å². The molecule has 0 aliphatic carbocycles. The monoisotopic (exact) mass is 495 g/mol. The van der Waals surface area contributed by atoms with E-state index in [2.05, 4.69) is 14.9 Å². The first-order valence-electron chi connectivity index (χ1n) is 12.9. The average Bonchev–Trinajstić information content (AvgIpc) is 3.18. The van der Waals surface area contributed by atoms with Crippen molar-refractivity contribution in [2.45, 2.75) is 53.1 Å². The Kier molecular flexibility index (Phi) is 7.96. The minimum Gasteiger partial charge on any atom is -0.459 e. The van der Waals surface area contributed by atoms with Gasteiger partial charge in [0.1, 0.15) is 11.5 Å². The topological polar surface area (TPSA) is 98.8 Å². The summed E-state index contributed by atoms with van der Waals surface area (Å²) in [6, 6.07) is 5.89. The summed E-state index contributed by atoms with van der Waals surface area (Å²) < 4.78 is 5.34. The van der Waals surface area contributed by atoms with Crippen LogP contribution < -0.4 is 4.90 Å². The SMILES string of the molecule is Cc1[nH]c(C(=O)N2CCC(CC(=O)N3CCN(c4ccccn4)CC3)CC2)c(C)c1C(=O)OC(C)C. The van der Waals surface area contributed by atoms with Gasteiger partial charge in [-0.05, 0) is 64.2 Å². The van der Waals surface area contributed by atoms with E-state index in [0.29, 0.717) is 55.1 Å². The lowest BCUT2D eigenvalue weighted by molar-refractivity contribution is -0.132. The average molecular weight is 496 g/mol. The molecule has 9 nitrogen and oxygen atoms in total. The number of esters is 1. The highest BCUT2D eigenvalue weighted by Gasteiger charge is 2.31. The molecule has 4 heterocycles. The lowest BCUT2D eigenvalue weighted by atomic mass is 9.92. The number of likely N-dealkylation sites (tertiary alicyclic amines) is 1. The highest BCUT2D eigenvalue weighted by molar-refractivity contribution is 6.00. The Morgan fingerprint density at radius 2 is 1.72 bits per heavy atom. The lowest BCUT2D eigenvalue weighted by Gasteiger charge is -2.37. The van der Waals surface area contributed by atoms with Gasteiger partial charge in [-0.15, -0.1) is 0 Å². The summed E-state index contributed by atoms with van der Waals surface area (Å²) in [6.45, 7) is 11.4. The standard InChI is InChI=1S/C27H37N5O4/c1-18(2)36-27(35)24-19(3)25(29-20(24)4)26(34)32-11-8-21(9-12-32)17-23(33)31-15-13-30(14-16-31)22-7-5-6-10-28-22/h5-7,10,18,21,29H,8-9,11-17H2,1-4H3. The van der Waals surface area contributed by atoms with E-state index >= 15 is 0 Å². The van der Waals surface area contributed by atoms with Crippen molar-refractivity contribution >= 4 is 23.6 Å². The number of amides is 2. The molecule has 2 fully saturated rings. The van der Waals surface area contributed by atoms with Crippen molar-refractivity contribution in [3.05, 3.63) is 46.9 Å². The smallest absolute Gasteiger partial charge is 0.340 e. The van der Waals surface area contributed by atoms with Crippen LogP contribution in [0.15, 0.2) is 24.4 Å². The fraction of sp³-hybridized carbons (Fsp3) is 0.556. The molecule has 0 radical (unpaired) electrons. The Bertz CT molecular complexity index is 1080. The number of aromatic amines is 1. The zero-order valence-electron chi connectivity index (χ0n) is 21.7. The first-order chi connectivity index (χ1) is 17.2. The van der Waals surface area contributed by atoms with Gasteiger partial charge in [-0.2, -0.15) is 0 Å². The van der Waals surface area contributed by atoms with Crippen molar-refractivity contribution in [3.63, 3.8) is 0 Å². The first-order valence-corrected chi connectivity index (χ1v) is 12.9. The van der Waals surface area contributed by atoms with Crippen molar-refractivity contribution in [1.82, 2.24) is 19.8 Å². The summed E-state index contributed by atoms with van der Waals surface area (Å²) >= 11 is 0. The molecule has 2 aromatic rings. The van der Waals surface area contributed by atoms with E-state index in [-0.39, 0.29) is 23.8 Å². The van der Waals surface area contributed by atoms with Crippen molar-refractivity contribution in [2.24, 2.45) is 5.92 Å². The second-order valence-corrected chi connectivity index (χ2v) is 10.1. The highest BCUT2D eigenvalue weighted by Crippen LogP contribution is 2.26. The van der Waals surface area contributed by atoms with Gasteiger partial charge in [0.15, 0.2) is 0 Å². The molecule has 0 aromatic carbocycles. The summed E-state index contributed by atoms with van der Waals surface area (Å²) in [5, 5.41) is 0. The number of nitrogens with one attached hydrogen (secondary N) is 1. The molecule has 194 valence electrons. The van der Waals surface area contributed by atoms with E-state index in [1.54, 1.807) is 33.9 Å². The summed E-state index contributed by atoms with van der Waals surface area (Å²) in [4.78, 5) is 52.1. The van der Waals surface area contributed by atoms with Crippen LogP contribution in [-0.2, 0) is 9.53 Å². The Balaban J connectivity index is 1.27. The quantitative estimate of drug-likeness (QED) is 0.618. The lowest BCUT2D eigenvalue weighted by Crippen LogP contribution is -2.49. The number of rotatable bonds is 6. The number of carbonyl (C=O) groups is 3. The number of H-pyrrole nitrogens is 1. The predicted octanol–water partition coefficient (Wildman–Crippen LogP) is 3.18. The van der Waals surface area contributed by atoms with E-state index in [9.17, 15) is 14.4 Å². The van der Waals surface area contributed by atoms with Crippen molar-refractivity contribution < 1.29 is 19.1 Å². The van der Waals surface area contributed by atoms with Crippen molar-refractivity contribution in [3.8, 4) is 0 Å². The number of nitrogens with zero attached hydrogens (tertiary/aromatic N) is 4. The molecule has 2 aromatic heterocycles. The van der Waals surface area contributed by atoms with Gasteiger partial charge in [0, 0.05) is 57.6 Å².